The van der Waals surface area contributed by atoms with Crippen LogP contribution < -0.4 is 0 Å². The minimum atomic E-state index is -2.88. The third-order valence-electron chi connectivity index (χ3n) is 5.65. The van der Waals surface area contributed by atoms with Gasteiger partial charge in [0, 0.05) is 37.8 Å². The number of benzene rings is 1. The van der Waals surface area contributed by atoms with Crippen LogP contribution in [0.15, 0.2) is 18.2 Å². The van der Waals surface area contributed by atoms with Crippen LogP contribution in [-0.2, 0) is 9.84 Å². The Morgan fingerprint density at radius 2 is 1.70 bits per heavy atom. The van der Waals surface area contributed by atoms with Gasteiger partial charge in [-0.3, -0.25) is 9.69 Å². The van der Waals surface area contributed by atoms with Crippen molar-refractivity contribution in [2.45, 2.75) is 26.3 Å². The van der Waals surface area contributed by atoms with E-state index in [-0.39, 0.29) is 23.5 Å². The molecule has 3 heterocycles. The molecule has 2 aromatic rings. The number of fused-ring (bicyclic) bond motifs is 1. The van der Waals surface area contributed by atoms with Crippen molar-refractivity contribution in [1.82, 2.24) is 19.8 Å². The Kier molecular flexibility index (Phi) is 4.63. The first-order valence-electron chi connectivity index (χ1n) is 9.31. The maximum atomic E-state index is 12.9. The molecule has 0 unspecified atom stereocenters. The highest BCUT2D eigenvalue weighted by Gasteiger charge is 2.34. The molecule has 1 amide bonds. The van der Waals surface area contributed by atoms with Gasteiger partial charge in [-0.1, -0.05) is 0 Å². The fourth-order valence-electron chi connectivity index (χ4n) is 3.90. The maximum absolute atomic E-state index is 12.9. The van der Waals surface area contributed by atoms with Gasteiger partial charge in [0.2, 0.25) is 0 Å². The lowest BCUT2D eigenvalue weighted by Crippen LogP contribution is -2.52. The summed E-state index contributed by atoms with van der Waals surface area (Å²) in [5.74, 6) is 0.535. The largest absolute Gasteiger partial charge is 0.336 e. The molecule has 8 heteroatoms. The number of carbonyl (C=O) groups excluding carboxylic acids is 1. The number of hydrogen-bond donors (Lipinski definition) is 0. The lowest BCUT2D eigenvalue weighted by Gasteiger charge is -2.37. The van der Waals surface area contributed by atoms with Gasteiger partial charge in [0.15, 0.2) is 9.84 Å². The van der Waals surface area contributed by atoms with Crippen LogP contribution in [0, 0.1) is 13.8 Å². The smallest absolute Gasteiger partial charge is 0.254 e. The van der Waals surface area contributed by atoms with Crippen LogP contribution in [0.25, 0.3) is 11.0 Å². The molecule has 4 rings (SSSR count). The highest BCUT2D eigenvalue weighted by atomic mass is 32.2. The fourth-order valence-corrected chi connectivity index (χ4v) is 5.66. The molecule has 0 saturated carbocycles. The van der Waals surface area contributed by atoms with Crippen LogP contribution >= 0.6 is 0 Å². The Bertz CT molecular complexity index is 997. The molecule has 1 atom stereocenters. The van der Waals surface area contributed by atoms with E-state index in [2.05, 4.69) is 14.9 Å². The monoisotopic (exact) mass is 388 g/mol. The molecule has 2 saturated heterocycles. The van der Waals surface area contributed by atoms with Crippen LogP contribution in [0.5, 0.6) is 0 Å². The van der Waals surface area contributed by atoms with E-state index >= 15 is 0 Å². The summed E-state index contributed by atoms with van der Waals surface area (Å²) >= 11 is 0. The first-order chi connectivity index (χ1) is 12.8. The molecular formula is C19H24N4O3S. The molecule has 2 aliphatic heterocycles. The van der Waals surface area contributed by atoms with Crippen LogP contribution in [0.2, 0.25) is 0 Å². The van der Waals surface area contributed by atoms with Crippen LogP contribution in [0.4, 0.5) is 0 Å². The van der Waals surface area contributed by atoms with E-state index in [1.165, 1.54) is 0 Å². The summed E-state index contributed by atoms with van der Waals surface area (Å²) in [4.78, 5) is 26.0. The van der Waals surface area contributed by atoms with Crippen LogP contribution in [-0.4, -0.2) is 77.8 Å². The quantitative estimate of drug-likeness (QED) is 0.769. The van der Waals surface area contributed by atoms with Gasteiger partial charge in [-0.25, -0.2) is 18.4 Å². The number of carbonyl (C=O) groups is 1. The zero-order valence-electron chi connectivity index (χ0n) is 15.7. The summed E-state index contributed by atoms with van der Waals surface area (Å²) in [5, 5.41) is 0. The van der Waals surface area contributed by atoms with E-state index in [4.69, 9.17) is 0 Å². The summed E-state index contributed by atoms with van der Waals surface area (Å²) in [6.07, 6.45) is 0.707. The van der Waals surface area contributed by atoms with E-state index in [1.807, 2.05) is 36.9 Å². The number of sulfone groups is 1. The molecule has 144 valence electrons. The Labute approximate surface area is 159 Å². The molecule has 2 fully saturated rings. The van der Waals surface area contributed by atoms with Crippen molar-refractivity contribution in [2.24, 2.45) is 0 Å². The molecule has 0 N–H and O–H groups in total. The van der Waals surface area contributed by atoms with Crippen molar-refractivity contribution in [3.05, 3.63) is 35.2 Å². The molecule has 2 aliphatic rings. The second-order valence-corrected chi connectivity index (χ2v) is 9.71. The highest BCUT2D eigenvalue weighted by Crippen LogP contribution is 2.21. The SMILES string of the molecule is Cc1nc2ccc(C(=O)N3CCN([C@@H]4CCS(=O)(=O)C4)CC3)cc2nc1C. The zero-order chi connectivity index (χ0) is 19.2. The molecule has 27 heavy (non-hydrogen) atoms. The topological polar surface area (TPSA) is 83.5 Å². The van der Waals surface area contributed by atoms with Crippen molar-refractivity contribution in [3.8, 4) is 0 Å². The molecule has 1 aromatic heterocycles. The Morgan fingerprint density at radius 1 is 1.04 bits per heavy atom. The van der Waals surface area contributed by atoms with E-state index in [9.17, 15) is 13.2 Å². The molecule has 0 aliphatic carbocycles. The number of rotatable bonds is 2. The van der Waals surface area contributed by atoms with Gasteiger partial charge in [-0.15, -0.1) is 0 Å². The summed E-state index contributed by atoms with van der Waals surface area (Å²) in [7, 11) is -2.88. The number of aromatic nitrogens is 2. The maximum Gasteiger partial charge on any atom is 0.254 e. The van der Waals surface area contributed by atoms with Crippen molar-refractivity contribution in [3.63, 3.8) is 0 Å². The first kappa shape index (κ1) is 18.3. The van der Waals surface area contributed by atoms with Crippen molar-refractivity contribution in [1.29, 1.82) is 0 Å². The van der Waals surface area contributed by atoms with Crippen molar-refractivity contribution < 1.29 is 13.2 Å². The predicted molar refractivity (Wildman–Crippen MR) is 104 cm³/mol. The van der Waals surface area contributed by atoms with Crippen molar-refractivity contribution >= 4 is 26.8 Å². The molecule has 1 aromatic carbocycles. The number of amides is 1. The van der Waals surface area contributed by atoms with Gasteiger partial charge in [0.05, 0.1) is 33.9 Å². The summed E-state index contributed by atoms with van der Waals surface area (Å²) in [5.41, 5.74) is 3.91. The molecule has 0 bridgehead atoms. The fraction of sp³-hybridized carbons (Fsp3) is 0.526. The normalized spacial score (nSPS) is 23.0. The van der Waals surface area contributed by atoms with E-state index in [0.717, 1.165) is 35.5 Å². The van der Waals surface area contributed by atoms with Gasteiger partial charge in [-0.2, -0.15) is 0 Å². The van der Waals surface area contributed by atoms with Gasteiger partial charge >= 0.3 is 0 Å². The Balaban J connectivity index is 1.45. The number of piperazine rings is 1. The van der Waals surface area contributed by atoms with Crippen LogP contribution in [0.1, 0.15) is 28.2 Å². The van der Waals surface area contributed by atoms with E-state index < -0.39 is 9.84 Å². The standard InChI is InChI=1S/C19H24N4O3S/c1-13-14(2)21-18-11-15(3-4-17(18)20-13)19(24)23-8-6-22(7-9-23)16-5-10-27(25,26)12-16/h3-4,11,16H,5-10,12H2,1-2H3/t16-/m1/s1. The van der Waals surface area contributed by atoms with Gasteiger partial charge < -0.3 is 4.90 Å². The van der Waals surface area contributed by atoms with Crippen molar-refractivity contribution in [2.75, 3.05) is 37.7 Å². The Hall–Kier alpha value is -2.06. The third-order valence-corrected chi connectivity index (χ3v) is 7.40. The average molecular weight is 388 g/mol. The minimum absolute atomic E-state index is 0.00405. The number of aryl methyl sites for hydroxylation is 2. The van der Waals surface area contributed by atoms with E-state index in [0.29, 0.717) is 25.1 Å². The molecule has 0 radical (unpaired) electrons. The summed E-state index contributed by atoms with van der Waals surface area (Å²) < 4.78 is 23.4. The summed E-state index contributed by atoms with van der Waals surface area (Å²) in [6, 6.07) is 5.58. The average Bonchev–Trinajstić information content (AvgIpc) is 3.02. The zero-order valence-corrected chi connectivity index (χ0v) is 16.5. The molecular weight excluding hydrogens is 364 g/mol. The highest BCUT2D eigenvalue weighted by molar-refractivity contribution is 7.91. The lowest BCUT2D eigenvalue weighted by atomic mass is 10.1. The third kappa shape index (κ3) is 3.68. The first-order valence-corrected chi connectivity index (χ1v) is 11.1. The van der Waals surface area contributed by atoms with E-state index in [1.54, 1.807) is 0 Å². The number of hydrogen-bond acceptors (Lipinski definition) is 6. The summed E-state index contributed by atoms with van der Waals surface area (Å²) in [6.45, 7) is 6.52. The predicted octanol–water partition coefficient (Wildman–Crippen LogP) is 1.19. The van der Waals surface area contributed by atoms with Gasteiger partial charge in [0.25, 0.3) is 5.91 Å². The minimum Gasteiger partial charge on any atom is -0.336 e. The van der Waals surface area contributed by atoms with Gasteiger partial charge in [0.1, 0.15) is 0 Å². The molecule has 0 spiro atoms. The molecule has 7 nitrogen and oxygen atoms in total. The number of nitrogens with zero attached hydrogens (tertiary/aromatic N) is 4. The Morgan fingerprint density at radius 3 is 2.33 bits per heavy atom. The second kappa shape index (κ2) is 6.83. The second-order valence-electron chi connectivity index (χ2n) is 7.48. The lowest BCUT2D eigenvalue weighted by molar-refractivity contribution is 0.0588. The van der Waals surface area contributed by atoms with Crippen LogP contribution in [0.3, 0.4) is 0 Å². The van der Waals surface area contributed by atoms with Gasteiger partial charge in [-0.05, 0) is 38.5 Å².